The van der Waals surface area contributed by atoms with E-state index in [1.54, 1.807) is 12.2 Å². The van der Waals surface area contributed by atoms with Gasteiger partial charge in [-0.1, -0.05) is 18.2 Å². The molecule has 1 aromatic rings. The van der Waals surface area contributed by atoms with Gasteiger partial charge in [0, 0.05) is 11.4 Å². The summed E-state index contributed by atoms with van der Waals surface area (Å²) in [4.78, 5) is 10.5. The van der Waals surface area contributed by atoms with Crippen LogP contribution in [0.5, 0.6) is 5.75 Å². The molecule has 0 fully saturated rings. The second-order valence-corrected chi connectivity index (χ2v) is 2.94. The fourth-order valence-electron chi connectivity index (χ4n) is 0.989. The summed E-state index contributed by atoms with van der Waals surface area (Å²) in [6.45, 7) is 0. The van der Waals surface area contributed by atoms with Crippen LogP contribution in [0.2, 0.25) is 0 Å². The molecule has 0 aliphatic rings. The van der Waals surface area contributed by atoms with Crippen LogP contribution in [0.25, 0.3) is 6.08 Å². The number of aromatic hydroxyl groups is 1. The largest absolute Gasteiger partial charge is 0.507 e. The lowest BCUT2D eigenvalue weighted by Gasteiger charge is -2.00. The van der Waals surface area contributed by atoms with Gasteiger partial charge in [0.2, 0.25) is 0 Å². The predicted molar refractivity (Wildman–Crippen MR) is 54.8 cm³/mol. The number of phenols is 1. The zero-order chi connectivity index (χ0) is 10.6. The molecular weight excluding hydrogens is 204 g/mol. The molecule has 0 saturated heterocycles. The number of hydrogen-bond donors (Lipinski definition) is 2. The van der Waals surface area contributed by atoms with Crippen LogP contribution in [-0.2, 0) is 0 Å². The Morgan fingerprint density at radius 2 is 2.21 bits per heavy atom. The van der Waals surface area contributed by atoms with E-state index in [-0.39, 0.29) is 11.3 Å². The number of aromatic carboxylic acids is 1. The highest BCUT2D eigenvalue weighted by Crippen LogP contribution is 2.20. The van der Waals surface area contributed by atoms with Gasteiger partial charge in [-0.15, -0.1) is 11.6 Å². The molecule has 0 bridgehead atoms. The van der Waals surface area contributed by atoms with Gasteiger partial charge >= 0.3 is 5.97 Å². The summed E-state index contributed by atoms with van der Waals surface area (Å²) in [6, 6.07) is 4.16. The molecule has 14 heavy (non-hydrogen) atoms. The first-order valence-electron chi connectivity index (χ1n) is 3.94. The van der Waals surface area contributed by atoms with Crippen molar-refractivity contribution >= 4 is 23.6 Å². The van der Waals surface area contributed by atoms with Crippen molar-refractivity contribution < 1.29 is 15.0 Å². The molecule has 0 aromatic heterocycles. The fraction of sp³-hybridized carbons (Fsp3) is 0.100. The van der Waals surface area contributed by atoms with Gasteiger partial charge in [-0.25, -0.2) is 4.79 Å². The van der Waals surface area contributed by atoms with Crippen LogP contribution in [0.1, 0.15) is 15.9 Å². The number of allylic oxidation sites excluding steroid dienone is 1. The fourth-order valence-corrected chi connectivity index (χ4v) is 1.08. The van der Waals surface area contributed by atoms with Crippen LogP contribution in [-0.4, -0.2) is 22.1 Å². The van der Waals surface area contributed by atoms with E-state index in [0.29, 0.717) is 11.4 Å². The molecule has 0 amide bonds. The van der Waals surface area contributed by atoms with Crippen molar-refractivity contribution in [1.82, 2.24) is 0 Å². The first kappa shape index (κ1) is 10.6. The summed E-state index contributed by atoms with van der Waals surface area (Å²) >= 11 is 5.42. The van der Waals surface area contributed by atoms with Gasteiger partial charge in [0.05, 0.1) is 5.56 Å². The quantitative estimate of drug-likeness (QED) is 0.757. The first-order chi connectivity index (χ1) is 6.65. The van der Waals surface area contributed by atoms with Gasteiger partial charge in [0.15, 0.2) is 0 Å². The lowest BCUT2D eigenvalue weighted by molar-refractivity contribution is 0.0696. The number of carboxylic acid groups (broad SMARTS) is 1. The number of rotatable bonds is 3. The standard InChI is InChI=1S/C10H9ClO3/c11-5-1-2-7-3-4-8(10(13)14)6-9(7)12/h1-4,6,12H,5H2,(H,13,14). The zero-order valence-electron chi connectivity index (χ0n) is 7.27. The Morgan fingerprint density at radius 1 is 1.50 bits per heavy atom. The monoisotopic (exact) mass is 212 g/mol. The van der Waals surface area contributed by atoms with E-state index in [0.717, 1.165) is 0 Å². The highest BCUT2D eigenvalue weighted by Gasteiger charge is 2.05. The maximum absolute atomic E-state index is 10.5. The molecule has 1 rings (SSSR count). The van der Waals surface area contributed by atoms with Crippen molar-refractivity contribution in [3.8, 4) is 5.75 Å². The van der Waals surface area contributed by atoms with Crippen molar-refractivity contribution in [2.24, 2.45) is 0 Å². The number of benzene rings is 1. The second kappa shape index (κ2) is 4.67. The molecule has 0 aliphatic heterocycles. The highest BCUT2D eigenvalue weighted by molar-refractivity contribution is 6.19. The Hall–Kier alpha value is -1.48. The summed E-state index contributed by atoms with van der Waals surface area (Å²) in [7, 11) is 0. The SMILES string of the molecule is O=C(O)c1ccc(C=CCCl)c(O)c1. The minimum Gasteiger partial charge on any atom is -0.507 e. The highest BCUT2D eigenvalue weighted by atomic mass is 35.5. The molecule has 74 valence electrons. The van der Waals surface area contributed by atoms with Crippen LogP contribution < -0.4 is 0 Å². The molecule has 1 aromatic carbocycles. The lowest BCUT2D eigenvalue weighted by atomic mass is 10.1. The lowest BCUT2D eigenvalue weighted by Crippen LogP contribution is -1.95. The number of carboxylic acids is 1. The minimum atomic E-state index is -1.06. The van der Waals surface area contributed by atoms with Gasteiger partial charge < -0.3 is 10.2 Å². The van der Waals surface area contributed by atoms with Crippen molar-refractivity contribution in [2.75, 3.05) is 5.88 Å². The Kier molecular flexibility index (Phi) is 3.54. The van der Waals surface area contributed by atoms with E-state index < -0.39 is 5.97 Å². The van der Waals surface area contributed by atoms with Crippen LogP contribution in [0.15, 0.2) is 24.3 Å². The summed E-state index contributed by atoms with van der Waals surface area (Å²) in [5.74, 6) is -0.778. The van der Waals surface area contributed by atoms with Gasteiger partial charge in [-0.05, 0) is 12.1 Å². The molecule has 0 atom stereocenters. The molecule has 3 nitrogen and oxygen atoms in total. The Morgan fingerprint density at radius 3 is 2.71 bits per heavy atom. The number of phenolic OH excluding ortho intramolecular Hbond substituents is 1. The number of hydrogen-bond acceptors (Lipinski definition) is 2. The normalized spacial score (nSPS) is 10.6. The van der Waals surface area contributed by atoms with Crippen LogP contribution in [0.3, 0.4) is 0 Å². The first-order valence-corrected chi connectivity index (χ1v) is 4.47. The van der Waals surface area contributed by atoms with Crippen LogP contribution in [0, 0.1) is 0 Å². The van der Waals surface area contributed by atoms with Crippen LogP contribution >= 0.6 is 11.6 Å². The smallest absolute Gasteiger partial charge is 0.335 e. The maximum Gasteiger partial charge on any atom is 0.335 e. The molecule has 4 heteroatoms. The summed E-state index contributed by atoms with van der Waals surface area (Å²) < 4.78 is 0. The summed E-state index contributed by atoms with van der Waals surface area (Å²) in [5.41, 5.74) is 0.612. The van der Waals surface area contributed by atoms with E-state index in [1.807, 2.05) is 0 Å². The third-order valence-corrected chi connectivity index (χ3v) is 1.84. The van der Waals surface area contributed by atoms with Gasteiger partial charge in [-0.2, -0.15) is 0 Å². The Labute approximate surface area is 86.3 Å². The van der Waals surface area contributed by atoms with Crippen molar-refractivity contribution in [3.05, 3.63) is 35.4 Å². The summed E-state index contributed by atoms with van der Waals surface area (Å²) in [6.07, 6.45) is 3.30. The molecule has 0 aliphatic carbocycles. The van der Waals surface area contributed by atoms with Crippen molar-refractivity contribution in [1.29, 1.82) is 0 Å². The van der Waals surface area contributed by atoms with Gasteiger partial charge in [0.1, 0.15) is 5.75 Å². The van der Waals surface area contributed by atoms with E-state index in [9.17, 15) is 9.90 Å². The van der Waals surface area contributed by atoms with E-state index in [4.69, 9.17) is 16.7 Å². The molecule has 0 radical (unpaired) electrons. The molecule has 2 N–H and O–H groups in total. The third-order valence-electron chi connectivity index (χ3n) is 1.66. The molecule has 0 saturated carbocycles. The summed E-state index contributed by atoms with van der Waals surface area (Å²) in [5, 5.41) is 18.0. The minimum absolute atomic E-state index is 0.0607. The molecule has 0 spiro atoms. The van der Waals surface area contributed by atoms with Crippen molar-refractivity contribution in [3.63, 3.8) is 0 Å². The average molecular weight is 213 g/mol. The van der Waals surface area contributed by atoms with Gasteiger partial charge in [-0.3, -0.25) is 0 Å². The number of alkyl halides is 1. The van der Waals surface area contributed by atoms with Crippen LogP contribution in [0.4, 0.5) is 0 Å². The average Bonchev–Trinajstić information content (AvgIpc) is 2.15. The maximum atomic E-state index is 10.5. The van der Waals surface area contributed by atoms with E-state index in [2.05, 4.69) is 0 Å². The predicted octanol–water partition coefficient (Wildman–Crippen LogP) is 2.34. The molecular formula is C10H9ClO3. The molecule has 0 heterocycles. The van der Waals surface area contributed by atoms with Gasteiger partial charge in [0.25, 0.3) is 0 Å². The third kappa shape index (κ3) is 2.50. The van der Waals surface area contributed by atoms with E-state index in [1.165, 1.54) is 18.2 Å². The Balaban J connectivity index is 3.01. The zero-order valence-corrected chi connectivity index (χ0v) is 8.03. The van der Waals surface area contributed by atoms with Crippen molar-refractivity contribution in [2.45, 2.75) is 0 Å². The molecule has 0 unspecified atom stereocenters. The number of carbonyl (C=O) groups is 1. The second-order valence-electron chi connectivity index (χ2n) is 2.64. The Bertz CT molecular complexity index is 372. The number of halogens is 1. The topological polar surface area (TPSA) is 57.5 Å². The van der Waals surface area contributed by atoms with E-state index >= 15 is 0 Å².